The summed E-state index contributed by atoms with van der Waals surface area (Å²) in [5.74, 6) is 0. The fourth-order valence-corrected chi connectivity index (χ4v) is 1.23. The number of aliphatic hydroxyl groups is 3. The number of hydrogen-bond donors (Lipinski definition) is 4. The molecule has 4 atom stereocenters. The molecule has 1 rings (SSSR count). The van der Waals surface area contributed by atoms with E-state index in [-0.39, 0.29) is 18.7 Å². The van der Waals surface area contributed by atoms with Crippen LogP contribution in [0.25, 0.3) is 0 Å². The van der Waals surface area contributed by atoms with E-state index in [0.717, 1.165) is 0 Å². The van der Waals surface area contributed by atoms with Crippen LogP contribution in [0.4, 0.5) is 0 Å². The van der Waals surface area contributed by atoms with E-state index >= 15 is 0 Å². The van der Waals surface area contributed by atoms with Gasteiger partial charge in [0, 0.05) is 6.04 Å². The topological polar surface area (TPSA) is 72.7 Å². The predicted molar refractivity (Wildman–Crippen MR) is 35.5 cm³/mol. The van der Waals surface area contributed by atoms with Gasteiger partial charge in [0.2, 0.25) is 0 Å². The quantitative estimate of drug-likeness (QED) is 0.348. The van der Waals surface area contributed by atoms with Crippen molar-refractivity contribution >= 4 is 0 Å². The van der Waals surface area contributed by atoms with Crippen molar-refractivity contribution in [2.45, 2.75) is 31.2 Å². The summed E-state index contributed by atoms with van der Waals surface area (Å²) in [6.07, 6.45) is -1.59. The van der Waals surface area contributed by atoms with E-state index in [1.165, 1.54) is 0 Å². The van der Waals surface area contributed by atoms with Crippen LogP contribution in [0.1, 0.15) is 6.92 Å². The van der Waals surface area contributed by atoms with Gasteiger partial charge in [0.25, 0.3) is 0 Å². The zero-order chi connectivity index (χ0) is 7.72. The largest absolute Gasteiger partial charge is 0.395 e. The summed E-state index contributed by atoms with van der Waals surface area (Å²) in [7, 11) is 0. The number of rotatable bonds is 1. The average Bonchev–Trinajstić information content (AvgIpc) is 2.17. The number of nitrogens with one attached hydrogen (secondary N) is 1. The van der Waals surface area contributed by atoms with Gasteiger partial charge in [-0.05, 0) is 6.92 Å². The lowest BCUT2D eigenvalue weighted by molar-refractivity contribution is 0.0214. The molecule has 1 fully saturated rings. The normalized spacial score (nSPS) is 48.0. The standard InChI is InChI=1S/C6H13NO3/c1-3-5(9)6(10)4(2-8)7-3/h3-10H,2H2,1H3/t3-,4-,5-,6-/m1/s1. The lowest BCUT2D eigenvalue weighted by Gasteiger charge is -2.11. The maximum atomic E-state index is 9.16. The zero-order valence-corrected chi connectivity index (χ0v) is 5.86. The molecule has 1 aliphatic rings. The molecule has 10 heavy (non-hydrogen) atoms. The minimum atomic E-state index is -0.833. The Morgan fingerprint density at radius 2 is 1.90 bits per heavy atom. The van der Waals surface area contributed by atoms with Crippen LogP contribution in [0, 0.1) is 0 Å². The smallest absolute Gasteiger partial charge is 0.0989 e. The Hall–Kier alpha value is -0.160. The molecule has 0 aromatic rings. The van der Waals surface area contributed by atoms with Gasteiger partial charge in [-0.1, -0.05) is 0 Å². The van der Waals surface area contributed by atoms with Crippen LogP contribution in [-0.2, 0) is 0 Å². The highest BCUT2D eigenvalue weighted by Gasteiger charge is 2.37. The van der Waals surface area contributed by atoms with Gasteiger partial charge in [0.15, 0.2) is 0 Å². The zero-order valence-electron chi connectivity index (χ0n) is 5.86. The fraction of sp³-hybridized carbons (Fsp3) is 1.00. The Morgan fingerprint density at radius 3 is 2.10 bits per heavy atom. The summed E-state index contributed by atoms with van der Waals surface area (Å²) in [4.78, 5) is 0. The second-order valence-electron chi connectivity index (χ2n) is 2.73. The second kappa shape index (κ2) is 2.84. The summed E-state index contributed by atoms with van der Waals surface area (Å²) in [5.41, 5.74) is 0. The Bertz CT molecular complexity index is 120. The SMILES string of the molecule is C[C@H]1N[C@H](CO)[C@@H](O)[C@@H]1O. The van der Waals surface area contributed by atoms with Crippen LogP contribution >= 0.6 is 0 Å². The maximum Gasteiger partial charge on any atom is 0.0989 e. The highest BCUT2D eigenvalue weighted by atomic mass is 16.3. The third-order valence-electron chi connectivity index (χ3n) is 1.95. The van der Waals surface area contributed by atoms with E-state index in [0.29, 0.717) is 0 Å². The van der Waals surface area contributed by atoms with E-state index in [1.54, 1.807) is 6.92 Å². The summed E-state index contributed by atoms with van der Waals surface area (Å²) < 4.78 is 0. The molecule has 4 heteroatoms. The van der Waals surface area contributed by atoms with Gasteiger partial charge in [-0.2, -0.15) is 0 Å². The van der Waals surface area contributed by atoms with Crippen molar-refractivity contribution < 1.29 is 15.3 Å². The summed E-state index contributed by atoms with van der Waals surface area (Å²) in [5, 5.41) is 29.8. The maximum absolute atomic E-state index is 9.16. The van der Waals surface area contributed by atoms with Gasteiger partial charge in [-0.25, -0.2) is 0 Å². The Balaban J connectivity index is 2.53. The van der Waals surface area contributed by atoms with Crippen molar-refractivity contribution in [3.63, 3.8) is 0 Å². The second-order valence-corrected chi connectivity index (χ2v) is 2.73. The molecule has 0 unspecified atom stereocenters. The van der Waals surface area contributed by atoms with Crippen LogP contribution < -0.4 is 5.32 Å². The van der Waals surface area contributed by atoms with E-state index in [9.17, 15) is 0 Å². The van der Waals surface area contributed by atoms with E-state index in [2.05, 4.69) is 5.32 Å². The molecule has 0 radical (unpaired) electrons. The molecule has 1 saturated heterocycles. The molecule has 60 valence electrons. The van der Waals surface area contributed by atoms with Gasteiger partial charge < -0.3 is 20.6 Å². The molecule has 0 saturated carbocycles. The molecule has 0 aromatic carbocycles. The molecule has 1 heterocycles. The molecular weight excluding hydrogens is 134 g/mol. The molecule has 4 N–H and O–H groups in total. The van der Waals surface area contributed by atoms with E-state index in [4.69, 9.17) is 15.3 Å². The first kappa shape index (κ1) is 7.94. The molecule has 0 bridgehead atoms. The molecule has 1 aliphatic heterocycles. The third kappa shape index (κ3) is 1.15. The van der Waals surface area contributed by atoms with Gasteiger partial charge in [-0.15, -0.1) is 0 Å². The minimum Gasteiger partial charge on any atom is -0.395 e. The van der Waals surface area contributed by atoms with Crippen molar-refractivity contribution in [1.82, 2.24) is 5.32 Å². The summed E-state index contributed by atoms with van der Waals surface area (Å²) in [6, 6.07) is -0.503. The minimum absolute atomic E-state index is 0.132. The summed E-state index contributed by atoms with van der Waals surface area (Å²) >= 11 is 0. The van der Waals surface area contributed by atoms with Gasteiger partial charge in [0.1, 0.15) is 0 Å². The van der Waals surface area contributed by atoms with Crippen LogP contribution in [0.5, 0.6) is 0 Å². The van der Waals surface area contributed by atoms with Crippen LogP contribution in [0.3, 0.4) is 0 Å². The first-order valence-electron chi connectivity index (χ1n) is 3.40. The molecule has 0 aliphatic carbocycles. The molecule has 0 aromatic heterocycles. The van der Waals surface area contributed by atoms with Gasteiger partial charge >= 0.3 is 0 Å². The highest BCUT2D eigenvalue weighted by molar-refractivity contribution is 4.95. The van der Waals surface area contributed by atoms with Crippen molar-refractivity contribution in [3.8, 4) is 0 Å². The molecule has 0 spiro atoms. The van der Waals surface area contributed by atoms with Crippen LogP contribution in [-0.4, -0.2) is 46.2 Å². The number of hydrogen-bond acceptors (Lipinski definition) is 4. The number of aliphatic hydroxyl groups excluding tert-OH is 3. The van der Waals surface area contributed by atoms with Crippen molar-refractivity contribution in [2.24, 2.45) is 0 Å². The Labute approximate surface area is 59.5 Å². The van der Waals surface area contributed by atoms with E-state index < -0.39 is 12.2 Å². The first-order chi connectivity index (χ1) is 4.66. The van der Waals surface area contributed by atoms with Crippen molar-refractivity contribution in [3.05, 3.63) is 0 Å². The monoisotopic (exact) mass is 147 g/mol. The van der Waals surface area contributed by atoms with Gasteiger partial charge in [0.05, 0.1) is 24.9 Å². The van der Waals surface area contributed by atoms with Crippen LogP contribution in [0.15, 0.2) is 0 Å². The van der Waals surface area contributed by atoms with E-state index in [1.807, 2.05) is 0 Å². The summed E-state index contributed by atoms with van der Waals surface area (Å²) in [6.45, 7) is 1.63. The average molecular weight is 147 g/mol. The predicted octanol–water partition coefficient (Wildman–Crippen LogP) is -1.94. The Kier molecular flexibility index (Phi) is 2.25. The first-order valence-corrected chi connectivity index (χ1v) is 3.40. The van der Waals surface area contributed by atoms with Crippen LogP contribution in [0.2, 0.25) is 0 Å². The van der Waals surface area contributed by atoms with Crippen molar-refractivity contribution in [1.29, 1.82) is 0 Å². The fourth-order valence-electron chi connectivity index (χ4n) is 1.23. The lowest BCUT2D eigenvalue weighted by Crippen LogP contribution is -2.36. The highest BCUT2D eigenvalue weighted by Crippen LogP contribution is 2.12. The van der Waals surface area contributed by atoms with Crippen molar-refractivity contribution in [2.75, 3.05) is 6.61 Å². The van der Waals surface area contributed by atoms with Gasteiger partial charge in [-0.3, -0.25) is 0 Å². The molecule has 4 nitrogen and oxygen atoms in total. The third-order valence-corrected chi connectivity index (χ3v) is 1.95. The Morgan fingerprint density at radius 1 is 1.30 bits per heavy atom. The lowest BCUT2D eigenvalue weighted by atomic mass is 10.1. The molecular formula is C6H13NO3. The molecule has 0 amide bonds.